The molecule has 1 aliphatic carbocycles. The standard InChI is InChI=1S/C16H24N2/c1-11-7-8-18(12(2)9-11)15-10-13-5-3-4-6-14(13)16(15)17/h3-6,11-12,15-16H,7-10,17H2,1-2H3. The highest BCUT2D eigenvalue weighted by atomic mass is 15.2. The van der Waals surface area contributed by atoms with Crippen LogP contribution in [-0.2, 0) is 6.42 Å². The summed E-state index contributed by atoms with van der Waals surface area (Å²) >= 11 is 0. The molecule has 2 nitrogen and oxygen atoms in total. The number of benzene rings is 1. The summed E-state index contributed by atoms with van der Waals surface area (Å²) in [5, 5.41) is 0. The van der Waals surface area contributed by atoms with Crippen LogP contribution in [0, 0.1) is 5.92 Å². The third kappa shape index (κ3) is 1.98. The number of fused-ring (bicyclic) bond motifs is 1. The van der Waals surface area contributed by atoms with Crippen molar-refractivity contribution in [3.63, 3.8) is 0 Å². The molecule has 4 atom stereocenters. The van der Waals surface area contributed by atoms with E-state index in [9.17, 15) is 0 Å². The van der Waals surface area contributed by atoms with Crippen LogP contribution in [0.4, 0.5) is 0 Å². The Morgan fingerprint density at radius 1 is 1.22 bits per heavy atom. The van der Waals surface area contributed by atoms with Gasteiger partial charge in [0, 0.05) is 18.1 Å². The van der Waals surface area contributed by atoms with E-state index in [1.807, 2.05) is 0 Å². The van der Waals surface area contributed by atoms with Gasteiger partial charge >= 0.3 is 0 Å². The molecule has 0 bridgehead atoms. The lowest BCUT2D eigenvalue weighted by Gasteiger charge is -2.42. The topological polar surface area (TPSA) is 29.3 Å². The van der Waals surface area contributed by atoms with Crippen LogP contribution in [0.1, 0.15) is 43.9 Å². The first-order valence-electron chi connectivity index (χ1n) is 7.26. The maximum Gasteiger partial charge on any atom is 0.0459 e. The monoisotopic (exact) mass is 244 g/mol. The van der Waals surface area contributed by atoms with Gasteiger partial charge < -0.3 is 5.73 Å². The fourth-order valence-electron chi connectivity index (χ4n) is 3.85. The van der Waals surface area contributed by atoms with Gasteiger partial charge in [0.15, 0.2) is 0 Å². The van der Waals surface area contributed by atoms with Crippen LogP contribution in [0.25, 0.3) is 0 Å². The van der Waals surface area contributed by atoms with E-state index in [2.05, 4.69) is 43.0 Å². The van der Waals surface area contributed by atoms with Gasteiger partial charge in [0.1, 0.15) is 0 Å². The number of nitrogens with two attached hydrogens (primary N) is 1. The average Bonchev–Trinajstić information content (AvgIpc) is 2.68. The Morgan fingerprint density at radius 3 is 2.72 bits per heavy atom. The van der Waals surface area contributed by atoms with Gasteiger partial charge in [-0.2, -0.15) is 0 Å². The van der Waals surface area contributed by atoms with Crippen molar-refractivity contribution in [2.24, 2.45) is 11.7 Å². The zero-order chi connectivity index (χ0) is 12.7. The SMILES string of the molecule is CC1CCN(C2Cc3ccccc3C2N)C(C)C1. The smallest absolute Gasteiger partial charge is 0.0459 e. The Bertz CT molecular complexity index is 429. The Labute approximate surface area is 110 Å². The van der Waals surface area contributed by atoms with Crippen LogP contribution in [0.2, 0.25) is 0 Å². The Morgan fingerprint density at radius 2 is 2.00 bits per heavy atom. The predicted molar refractivity (Wildman–Crippen MR) is 75.4 cm³/mol. The van der Waals surface area contributed by atoms with Crippen LogP contribution >= 0.6 is 0 Å². The van der Waals surface area contributed by atoms with Crippen molar-refractivity contribution in [2.75, 3.05) is 6.54 Å². The summed E-state index contributed by atoms with van der Waals surface area (Å²) in [7, 11) is 0. The van der Waals surface area contributed by atoms with Crippen molar-refractivity contribution >= 4 is 0 Å². The Hall–Kier alpha value is -0.860. The Kier molecular flexibility index (Phi) is 3.16. The summed E-state index contributed by atoms with van der Waals surface area (Å²) in [4.78, 5) is 2.66. The molecule has 0 amide bonds. The number of hydrogen-bond acceptors (Lipinski definition) is 2. The second-order valence-electron chi connectivity index (χ2n) is 6.21. The highest BCUT2D eigenvalue weighted by Gasteiger charge is 2.37. The lowest BCUT2D eigenvalue weighted by atomic mass is 9.91. The lowest BCUT2D eigenvalue weighted by Crippen LogP contribution is -2.49. The Balaban J connectivity index is 1.80. The van der Waals surface area contributed by atoms with E-state index >= 15 is 0 Å². The molecule has 1 saturated heterocycles. The maximum atomic E-state index is 6.48. The van der Waals surface area contributed by atoms with Gasteiger partial charge in [0.05, 0.1) is 0 Å². The molecule has 1 aromatic carbocycles. The van der Waals surface area contributed by atoms with Crippen LogP contribution < -0.4 is 5.73 Å². The zero-order valence-electron chi connectivity index (χ0n) is 11.5. The van der Waals surface area contributed by atoms with E-state index in [0.717, 1.165) is 12.3 Å². The van der Waals surface area contributed by atoms with Crippen LogP contribution in [0.15, 0.2) is 24.3 Å². The fourth-order valence-corrected chi connectivity index (χ4v) is 3.85. The van der Waals surface area contributed by atoms with Gasteiger partial charge in [-0.25, -0.2) is 0 Å². The van der Waals surface area contributed by atoms with E-state index in [1.165, 1.54) is 30.5 Å². The molecule has 0 aromatic heterocycles. The van der Waals surface area contributed by atoms with Gasteiger partial charge in [-0.15, -0.1) is 0 Å². The lowest BCUT2D eigenvalue weighted by molar-refractivity contribution is 0.0741. The quantitative estimate of drug-likeness (QED) is 0.823. The van der Waals surface area contributed by atoms with E-state index < -0.39 is 0 Å². The summed E-state index contributed by atoms with van der Waals surface area (Å²) in [6.45, 7) is 5.96. The highest BCUT2D eigenvalue weighted by molar-refractivity contribution is 5.37. The highest BCUT2D eigenvalue weighted by Crippen LogP contribution is 2.36. The van der Waals surface area contributed by atoms with Crippen molar-refractivity contribution in [3.05, 3.63) is 35.4 Å². The van der Waals surface area contributed by atoms with Gasteiger partial charge in [0.2, 0.25) is 0 Å². The summed E-state index contributed by atoms with van der Waals surface area (Å²) in [6.07, 6.45) is 3.78. The minimum Gasteiger partial charge on any atom is -0.323 e. The largest absolute Gasteiger partial charge is 0.323 e. The average molecular weight is 244 g/mol. The first kappa shape index (κ1) is 12.2. The molecule has 1 heterocycles. The normalized spacial score (nSPS) is 36.6. The summed E-state index contributed by atoms with van der Waals surface area (Å²) in [6, 6.07) is 10.1. The summed E-state index contributed by atoms with van der Waals surface area (Å²) < 4.78 is 0. The van der Waals surface area contributed by atoms with E-state index in [4.69, 9.17) is 5.73 Å². The predicted octanol–water partition coefficient (Wildman–Crippen LogP) is 2.73. The fraction of sp³-hybridized carbons (Fsp3) is 0.625. The molecule has 98 valence electrons. The molecule has 2 heteroatoms. The van der Waals surface area contributed by atoms with Crippen LogP contribution in [0.5, 0.6) is 0 Å². The first-order chi connectivity index (χ1) is 8.66. The van der Waals surface area contributed by atoms with Gasteiger partial charge in [-0.05, 0) is 49.8 Å². The molecule has 0 radical (unpaired) electrons. The first-order valence-corrected chi connectivity index (χ1v) is 7.26. The maximum absolute atomic E-state index is 6.48. The molecular formula is C16H24N2. The van der Waals surface area contributed by atoms with Crippen molar-refractivity contribution in [1.29, 1.82) is 0 Å². The molecule has 3 rings (SSSR count). The van der Waals surface area contributed by atoms with Crippen molar-refractivity contribution in [3.8, 4) is 0 Å². The number of likely N-dealkylation sites (tertiary alicyclic amines) is 1. The minimum absolute atomic E-state index is 0.206. The zero-order valence-corrected chi connectivity index (χ0v) is 11.5. The molecule has 1 aromatic rings. The van der Waals surface area contributed by atoms with Crippen LogP contribution in [-0.4, -0.2) is 23.5 Å². The van der Waals surface area contributed by atoms with Crippen LogP contribution in [0.3, 0.4) is 0 Å². The molecule has 18 heavy (non-hydrogen) atoms. The van der Waals surface area contributed by atoms with Crippen molar-refractivity contribution in [1.82, 2.24) is 4.90 Å². The third-order valence-electron chi connectivity index (χ3n) is 4.87. The molecule has 2 N–H and O–H groups in total. The van der Waals surface area contributed by atoms with Gasteiger partial charge in [-0.3, -0.25) is 4.90 Å². The molecule has 0 saturated carbocycles. The molecule has 1 fully saturated rings. The van der Waals surface area contributed by atoms with Gasteiger partial charge in [0.25, 0.3) is 0 Å². The van der Waals surface area contributed by atoms with Gasteiger partial charge in [-0.1, -0.05) is 31.2 Å². The number of rotatable bonds is 1. The number of piperidine rings is 1. The number of nitrogens with zero attached hydrogens (tertiary/aromatic N) is 1. The van der Waals surface area contributed by atoms with E-state index in [-0.39, 0.29) is 6.04 Å². The van der Waals surface area contributed by atoms with E-state index in [0.29, 0.717) is 12.1 Å². The second-order valence-corrected chi connectivity index (χ2v) is 6.21. The summed E-state index contributed by atoms with van der Waals surface area (Å²) in [5.74, 6) is 0.872. The molecule has 4 unspecified atom stereocenters. The van der Waals surface area contributed by atoms with Crippen molar-refractivity contribution in [2.45, 2.75) is 51.2 Å². The van der Waals surface area contributed by atoms with Crippen molar-refractivity contribution < 1.29 is 0 Å². The molecular weight excluding hydrogens is 220 g/mol. The third-order valence-corrected chi connectivity index (χ3v) is 4.87. The summed E-state index contributed by atoms with van der Waals surface area (Å²) in [5.41, 5.74) is 9.30. The van der Waals surface area contributed by atoms with E-state index in [1.54, 1.807) is 0 Å². The molecule has 2 aliphatic rings. The second kappa shape index (κ2) is 4.67. The molecule has 0 spiro atoms. The number of hydrogen-bond donors (Lipinski definition) is 1. The minimum atomic E-state index is 0.206. The molecule has 1 aliphatic heterocycles.